The van der Waals surface area contributed by atoms with E-state index in [2.05, 4.69) is 4.74 Å². The molecule has 0 amide bonds. The highest BCUT2D eigenvalue weighted by Crippen LogP contribution is 2.49. The third-order valence-corrected chi connectivity index (χ3v) is 3.41. The van der Waals surface area contributed by atoms with Crippen molar-refractivity contribution in [3.63, 3.8) is 0 Å². The third-order valence-electron chi connectivity index (χ3n) is 3.41. The fourth-order valence-electron chi connectivity index (χ4n) is 2.12. The third kappa shape index (κ3) is 2.06. The fourth-order valence-corrected chi connectivity index (χ4v) is 2.12. The predicted octanol–water partition coefficient (Wildman–Crippen LogP) is 0.917. The van der Waals surface area contributed by atoms with Crippen LogP contribution < -0.4 is 0 Å². The molecule has 17 heavy (non-hydrogen) atoms. The zero-order valence-corrected chi connectivity index (χ0v) is 9.72. The molecule has 4 heteroatoms. The van der Waals surface area contributed by atoms with Gasteiger partial charge in [0.15, 0.2) is 6.10 Å². The van der Waals surface area contributed by atoms with Crippen LogP contribution in [-0.2, 0) is 14.9 Å². The van der Waals surface area contributed by atoms with Crippen molar-refractivity contribution in [2.45, 2.75) is 24.4 Å². The van der Waals surface area contributed by atoms with Crippen LogP contribution in [0.5, 0.6) is 0 Å². The topological polar surface area (TPSA) is 66.8 Å². The monoisotopic (exact) mass is 236 g/mol. The smallest absolute Gasteiger partial charge is 0.339 e. The van der Waals surface area contributed by atoms with Gasteiger partial charge < -0.3 is 14.9 Å². The van der Waals surface area contributed by atoms with Crippen LogP contribution >= 0.6 is 0 Å². The number of carbonyl (C=O) groups is 1. The van der Waals surface area contributed by atoms with Crippen molar-refractivity contribution in [1.29, 1.82) is 0 Å². The van der Waals surface area contributed by atoms with Gasteiger partial charge in [0, 0.05) is 5.41 Å². The number of carbonyl (C=O) groups excluding carboxylic acids is 1. The number of esters is 1. The molecule has 0 aliphatic heterocycles. The van der Waals surface area contributed by atoms with Gasteiger partial charge in [-0.05, 0) is 24.0 Å². The van der Waals surface area contributed by atoms with Gasteiger partial charge >= 0.3 is 5.97 Å². The number of ether oxygens (including phenoxy) is 1. The summed E-state index contributed by atoms with van der Waals surface area (Å²) in [6.45, 7) is 0.0396. The van der Waals surface area contributed by atoms with Gasteiger partial charge in [-0.2, -0.15) is 0 Å². The number of aliphatic hydroxyl groups is 2. The van der Waals surface area contributed by atoms with Crippen LogP contribution in [0.2, 0.25) is 0 Å². The van der Waals surface area contributed by atoms with Gasteiger partial charge in [-0.3, -0.25) is 0 Å². The van der Waals surface area contributed by atoms with Crippen molar-refractivity contribution in [1.82, 2.24) is 0 Å². The largest absolute Gasteiger partial charge is 0.467 e. The summed E-state index contributed by atoms with van der Waals surface area (Å²) < 4.78 is 4.54. The molecule has 1 unspecified atom stereocenters. The van der Waals surface area contributed by atoms with E-state index < -0.39 is 12.1 Å². The Kier molecular flexibility index (Phi) is 3.17. The summed E-state index contributed by atoms with van der Waals surface area (Å²) in [5, 5.41) is 19.3. The number of hydrogen-bond donors (Lipinski definition) is 2. The first-order valence-corrected chi connectivity index (χ1v) is 5.61. The molecule has 0 bridgehead atoms. The lowest BCUT2D eigenvalue weighted by molar-refractivity contribution is -0.150. The van der Waals surface area contributed by atoms with Crippen molar-refractivity contribution < 1.29 is 19.7 Å². The van der Waals surface area contributed by atoms with Crippen LogP contribution in [0.15, 0.2) is 24.3 Å². The Morgan fingerprint density at radius 3 is 2.65 bits per heavy atom. The van der Waals surface area contributed by atoms with Crippen molar-refractivity contribution in [3.8, 4) is 0 Å². The molecule has 0 saturated heterocycles. The maximum absolute atomic E-state index is 11.4. The summed E-state index contributed by atoms with van der Waals surface area (Å²) in [6, 6.07) is 7.16. The number of benzene rings is 1. The quantitative estimate of drug-likeness (QED) is 0.763. The van der Waals surface area contributed by atoms with Crippen molar-refractivity contribution in [2.75, 3.05) is 13.7 Å². The molecule has 0 spiro atoms. The lowest BCUT2D eigenvalue weighted by Gasteiger charge is -2.19. The zero-order chi connectivity index (χ0) is 12.5. The average Bonchev–Trinajstić information content (AvgIpc) is 3.18. The Morgan fingerprint density at radius 2 is 2.12 bits per heavy atom. The van der Waals surface area contributed by atoms with Gasteiger partial charge in [0.05, 0.1) is 13.7 Å². The molecule has 0 aromatic heterocycles. The molecular weight excluding hydrogens is 220 g/mol. The van der Waals surface area contributed by atoms with Gasteiger partial charge in [0.1, 0.15) is 0 Å². The maximum atomic E-state index is 11.4. The first-order chi connectivity index (χ1) is 8.14. The second-order valence-corrected chi connectivity index (χ2v) is 4.45. The van der Waals surface area contributed by atoms with Crippen LogP contribution in [0.4, 0.5) is 0 Å². The number of rotatable bonds is 4. The lowest BCUT2D eigenvalue weighted by atomic mass is 9.89. The molecular formula is C13H16O4. The lowest BCUT2D eigenvalue weighted by Crippen LogP contribution is -2.20. The molecule has 2 rings (SSSR count). The molecule has 1 aromatic carbocycles. The number of aliphatic hydroxyl groups excluding tert-OH is 2. The van der Waals surface area contributed by atoms with Gasteiger partial charge in [-0.25, -0.2) is 4.79 Å². The molecule has 1 saturated carbocycles. The SMILES string of the molecule is COC(=O)C(O)c1ccccc1C1(CO)CC1. The average molecular weight is 236 g/mol. The molecule has 1 fully saturated rings. The molecule has 4 nitrogen and oxygen atoms in total. The van der Waals surface area contributed by atoms with Gasteiger partial charge in [0.2, 0.25) is 0 Å². The van der Waals surface area contributed by atoms with E-state index in [9.17, 15) is 15.0 Å². The maximum Gasteiger partial charge on any atom is 0.339 e. The van der Waals surface area contributed by atoms with Crippen LogP contribution in [0.3, 0.4) is 0 Å². The summed E-state index contributed by atoms with van der Waals surface area (Å²) in [4.78, 5) is 11.4. The van der Waals surface area contributed by atoms with E-state index >= 15 is 0 Å². The van der Waals surface area contributed by atoms with Crippen LogP contribution in [0.1, 0.15) is 30.1 Å². The highest BCUT2D eigenvalue weighted by atomic mass is 16.5. The summed E-state index contributed by atoms with van der Waals surface area (Å²) in [7, 11) is 1.24. The van der Waals surface area contributed by atoms with Gasteiger partial charge in [-0.15, -0.1) is 0 Å². The summed E-state index contributed by atoms with van der Waals surface area (Å²) >= 11 is 0. The first-order valence-electron chi connectivity index (χ1n) is 5.61. The van der Waals surface area contributed by atoms with E-state index in [1.165, 1.54) is 7.11 Å². The second-order valence-electron chi connectivity index (χ2n) is 4.45. The van der Waals surface area contributed by atoms with Gasteiger partial charge in [-0.1, -0.05) is 24.3 Å². The molecule has 92 valence electrons. The predicted molar refractivity (Wildman–Crippen MR) is 61.4 cm³/mol. The molecule has 1 aliphatic rings. The standard InChI is InChI=1S/C13H16O4/c1-17-12(16)11(15)9-4-2-3-5-10(9)13(8-14)6-7-13/h2-5,11,14-15H,6-8H2,1H3. The summed E-state index contributed by atoms with van der Waals surface area (Å²) in [6.07, 6.45) is 0.489. The molecule has 1 aromatic rings. The Labute approximate surface area is 99.8 Å². The minimum atomic E-state index is -1.28. The van der Waals surface area contributed by atoms with E-state index in [0.29, 0.717) is 5.56 Å². The molecule has 0 radical (unpaired) electrons. The zero-order valence-electron chi connectivity index (χ0n) is 9.72. The molecule has 0 heterocycles. The van der Waals surface area contributed by atoms with E-state index in [4.69, 9.17) is 0 Å². The minimum Gasteiger partial charge on any atom is -0.467 e. The fraction of sp³-hybridized carbons (Fsp3) is 0.462. The number of hydrogen-bond acceptors (Lipinski definition) is 4. The highest BCUT2D eigenvalue weighted by molar-refractivity contribution is 5.77. The highest BCUT2D eigenvalue weighted by Gasteiger charge is 2.45. The number of methoxy groups -OCH3 is 1. The van der Waals surface area contributed by atoms with Crippen molar-refractivity contribution >= 4 is 5.97 Å². The van der Waals surface area contributed by atoms with E-state index in [1.54, 1.807) is 12.1 Å². The molecule has 1 aliphatic carbocycles. The van der Waals surface area contributed by atoms with Crippen LogP contribution in [0, 0.1) is 0 Å². The minimum absolute atomic E-state index is 0.0396. The van der Waals surface area contributed by atoms with E-state index in [0.717, 1.165) is 18.4 Å². The Hall–Kier alpha value is -1.39. The summed E-state index contributed by atoms with van der Waals surface area (Å²) in [5.74, 6) is -0.675. The Bertz CT molecular complexity index is 423. The Morgan fingerprint density at radius 1 is 1.47 bits per heavy atom. The first kappa shape index (κ1) is 12.1. The van der Waals surface area contributed by atoms with Crippen molar-refractivity contribution in [2.24, 2.45) is 0 Å². The van der Waals surface area contributed by atoms with Crippen molar-refractivity contribution in [3.05, 3.63) is 35.4 Å². The van der Waals surface area contributed by atoms with E-state index in [1.807, 2.05) is 12.1 Å². The second kappa shape index (κ2) is 4.47. The van der Waals surface area contributed by atoms with Crippen LogP contribution in [-0.4, -0.2) is 29.9 Å². The summed E-state index contributed by atoms with van der Waals surface area (Å²) in [5.41, 5.74) is 1.11. The Balaban J connectivity index is 2.38. The molecule has 2 N–H and O–H groups in total. The molecule has 1 atom stereocenters. The van der Waals surface area contributed by atoms with Crippen LogP contribution in [0.25, 0.3) is 0 Å². The van der Waals surface area contributed by atoms with Gasteiger partial charge in [0.25, 0.3) is 0 Å². The normalized spacial score (nSPS) is 18.5. The van der Waals surface area contributed by atoms with E-state index in [-0.39, 0.29) is 12.0 Å².